The molecule has 3 heterocycles. The lowest BCUT2D eigenvalue weighted by Crippen LogP contribution is -2.56. The molecule has 2 N–H and O–H groups in total. The molecule has 3 aliphatic rings. The lowest BCUT2D eigenvalue weighted by molar-refractivity contribution is -0.135. The van der Waals surface area contributed by atoms with Crippen LogP contribution in [0.15, 0.2) is 42.5 Å². The second-order valence-electron chi connectivity index (χ2n) is 12.8. The number of rotatable bonds is 9. The van der Waals surface area contributed by atoms with E-state index in [2.05, 4.69) is 29.4 Å². The van der Waals surface area contributed by atoms with Crippen molar-refractivity contribution in [3.8, 4) is 0 Å². The normalized spacial score (nSPS) is 18.5. The van der Waals surface area contributed by atoms with Crippen LogP contribution in [0, 0.1) is 5.92 Å². The van der Waals surface area contributed by atoms with Gasteiger partial charge in [-0.05, 0) is 67.3 Å². The molecule has 3 amide bonds. The van der Waals surface area contributed by atoms with E-state index >= 15 is 0 Å². The van der Waals surface area contributed by atoms with Gasteiger partial charge >= 0.3 is 0 Å². The molecular weight excluding hydrogens is 562 g/mol. The van der Waals surface area contributed by atoms with E-state index in [1.807, 2.05) is 52.3 Å². The van der Waals surface area contributed by atoms with E-state index in [4.69, 9.17) is 11.6 Å². The van der Waals surface area contributed by atoms with Crippen LogP contribution in [-0.4, -0.2) is 89.8 Å². The zero-order valence-corrected chi connectivity index (χ0v) is 26.5. The molecule has 0 spiro atoms. The van der Waals surface area contributed by atoms with Gasteiger partial charge in [0.15, 0.2) is 0 Å². The van der Waals surface area contributed by atoms with Crippen molar-refractivity contribution in [2.45, 2.75) is 77.4 Å². The summed E-state index contributed by atoms with van der Waals surface area (Å²) in [6, 6.07) is 13.5. The summed E-state index contributed by atoms with van der Waals surface area (Å²) >= 11 is 6.13. The monoisotopic (exact) mass is 607 g/mol. The smallest absolute Gasteiger partial charge is 0.254 e. The number of carbonyl (C=O) groups excluding carboxylic acids is 3. The van der Waals surface area contributed by atoms with Crippen LogP contribution >= 0.6 is 11.6 Å². The first-order valence-electron chi connectivity index (χ1n) is 15.9. The van der Waals surface area contributed by atoms with Crippen molar-refractivity contribution in [3.63, 3.8) is 0 Å². The number of amides is 3. The summed E-state index contributed by atoms with van der Waals surface area (Å²) in [4.78, 5) is 46.0. The van der Waals surface area contributed by atoms with E-state index < -0.39 is 6.04 Å². The molecule has 232 valence electrons. The molecule has 2 saturated heterocycles. The Labute approximate surface area is 261 Å². The second-order valence-corrected chi connectivity index (χ2v) is 13.2. The van der Waals surface area contributed by atoms with Crippen molar-refractivity contribution in [1.82, 2.24) is 20.0 Å². The first-order valence-corrected chi connectivity index (χ1v) is 16.3. The summed E-state index contributed by atoms with van der Waals surface area (Å²) in [6.07, 6.45) is 5.10. The number of anilines is 1. The van der Waals surface area contributed by atoms with Crippen LogP contribution in [-0.2, 0) is 22.4 Å². The maximum absolute atomic E-state index is 14.0. The Balaban J connectivity index is 1.27. The second kappa shape index (κ2) is 14.1. The summed E-state index contributed by atoms with van der Waals surface area (Å²) in [7, 11) is 0. The molecular formula is C34H46ClN5O3. The van der Waals surface area contributed by atoms with Gasteiger partial charge in [0.25, 0.3) is 5.91 Å². The largest absolute Gasteiger partial charge is 0.384 e. The molecule has 2 aromatic rings. The predicted molar refractivity (Wildman–Crippen MR) is 171 cm³/mol. The lowest BCUT2D eigenvalue weighted by Gasteiger charge is -2.46. The van der Waals surface area contributed by atoms with Gasteiger partial charge in [0.1, 0.15) is 6.04 Å². The Morgan fingerprint density at radius 3 is 2.19 bits per heavy atom. The van der Waals surface area contributed by atoms with E-state index in [1.54, 1.807) is 6.92 Å². The van der Waals surface area contributed by atoms with Gasteiger partial charge in [-0.3, -0.25) is 19.3 Å². The fourth-order valence-electron chi connectivity index (χ4n) is 6.99. The Kier molecular flexibility index (Phi) is 10.3. The summed E-state index contributed by atoms with van der Waals surface area (Å²) in [5, 5.41) is 7.08. The van der Waals surface area contributed by atoms with E-state index in [-0.39, 0.29) is 17.7 Å². The molecule has 1 atom stereocenters. The Morgan fingerprint density at radius 2 is 1.58 bits per heavy atom. The van der Waals surface area contributed by atoms with Gasteiger partial charge < -0.3 is 20.4 Å². The standard InChI is InChI=1S/C34H46ClN5O3/c1-23(2)22-40(28-12-17-38(18-13-28)24(3)41)29-14-19-39(20-15-29)34(43)31(21-25-7-9-27(35)10-8-25)37-33(42)30-6-4-5-26-11-16-36-32(26)30/h4-10,23,28-29,31,36H,11-22H2,1-3H3,(H,37,42). The highest BCUT2D eigenvalue weighted by Gasteiger charge is 2.35. The maximum atomic E-state index is 14.0. The number of hydrogen-bond donors (Lipinski definition) is 2. The number of benzene rings is 2. The summed E-state index contributed by atoms with van der Waals surface area (Å²) in [6.45, 7) is 11.0. The quantitative estimate of drug-likeness (QED) is 0.435. The summed E-state index contributed by atoms with van der Waals surface area (Å²) in [5.74, 6) is 0.438. The number of piperidine rings is 2. The van der Waals surface area contributed by atoms with Gasteiger partial charge in [-0.1, -0.05) is 49.7 Å². The third kappa shape index (κ3) is 7.71. The minimum atomic E-state index is -0.676. The zero-order chi connectivity index (χ0) is 30.5. The van der Waals surface area contributed by atoms with Crippen molar-refractivity contribution in [2.24, 2.45) is 5.92 Å². The molecule has 0 saturated carbocycles. The maximum Gasteiger partial charge on any atom is 0.254 e. The van der Waals surface area contributed by atoms with Gasteiger partial charge in [-0.25, -0.2) is 0 Å². The highest BCUT2D eigenvalue weighted by Crippen LogP contribution is 2.28. The van der Waals surface area contributed by atoms with Crippen molar-refractivity contribution in [1.29, 1.82) is 0 Å². The van der Waals surface area contributed by atoms with Crippen LogP contribution in [0.4, 0.5) is 5.69 Å². The molecule has 5 rings (SSSR count). The number of hydrogen-bond acceptors (Lipinski definition) is 5. The fourth-order valence-corrected chi connectivity index (χ4v) is 7.12. The third-order valence-electron chi connectivity index (χ3n) is 9.25. The molecule has 3 aliphatic heterocycles. The van der Waals surface area contributed by atoms with Gasteiger partial charge in [0, 0.05) is 69.7 Å². The number of fused-ring (bicyclic) bond motifs is 1. The average molecular weight is 608 g/mol. The van der Waals surface area contributed by atoms with Crippen molar-refractivity contribution >= 4 is 35.0 Å². The van der Waals surface area contributed by atoms with Crippen molar-refractivity contribution in [3.05, 3.63) is 64.2 Å². The van der Waals surface area contributed by atoms with Crippen LogP contribution in [0.25, 0.3) is 0 Å². The third-order valence-corrected chi connectivity index (χ3v) is 9.50. The topological polar surface area (TPSA) is 85.0 Å². The molecule has 1 unspecified atom stereocenters. The Bertz CT molecular complexity index is 1280. The molecule has 0 aliphatic carbocycles. The Morgan fingerprint density at radius 1 is 0.953 bits per heavy atom. The van der Waals surface area contributed by atoms with Crippen LogP contribution in [0.5, 0.6) is 0 Å². The van der Waals surface area contributed by atoms with Crippen molar-refractivity contribution in [2.75, 3.05) is 44.6 Å². The molecule has 0 radical (unpaired) electrons. The number of carbonyl (C=O) groups is 3. The minimum Gasteiger partial charge on any atom is -0.384 e. The van der Waals surface area contributed by atoms with E-state index in [0.717, 1.165) is 75.1 Å². The van der Waals surface area contributed by atoms with Gasteiger partial charge in [-0.2, -0.15) is 0 Å². The fraction of sp³-hybridized carbons (Fsp3) is 0.559. The molecule has 43 heavy (non-hydrogen) atoms. The van der Waals surface area contributed by atoms with Crippen LogP contribution < -0.4 is 10.6 Å². The molecule has 9 heteroatoms. The predicted octanol–water partition coefficient (Wildman–Crippen LogP) is 4.61. The molecule has 2 fully saturated rings. The number of halogens is 1. The highest BCUT2D eigenvalue weighted by molar-refractivity contribution is 6.30. The number of likely N-dealkylation sites (tertiary alicyclic amines) is 2. The average Bonchev–Trinajstić information content (AvgIpc) is 3.49. The first-order chi connectivity index (χ1) is 20.7. The summed E-state index contributed by atoms with van der Waals surface area (Å²) in [5.41, 5.74) is 3.54. The molecule has 0 bridgehead atoms. The molecule has 0 aromatic heterocycles. The lowest BCUT2D eigenvalue weighted by atomic mass is 9.94. The van der Waals surface area contributed by atoms with Gasteiger partial charge in [0.05, 0.1) is 11.3 Å². The molecule has 2 aromatic carbocycles. The van der Waals surface area contributed by atoms with Crippen LogP contribution in [0.1, 0.15) is 67.9 Å². The van der Waals surface area contributed by atoms with Gasteiger partial charge in [0.2, 0.25) is 11.8 Å². The minimum absolute atomic E-state index is 0.0348. The van der Waals surface area contributed by atoms with Gasteiger partial charge in [-0.15, -0.1) is 0 Å². The van der Waals surface area contributed by atoms with E-state index in [1.165, 1.54) is 0 Å². The van der Waals surface area contributed by atoms with E-state index in [0.29, 0.717) is 48.1 Å². The zero-order valence-electron chi connectivity index (χ0n) is 25.8. The van der Waals surface area contributed by atoms with E-state index in [9.17, 15) is 14.4 Å². The van der Waals surface area contributed by atoms with Crippen LogP contribution in [0.2, 0.25) is 5.02 Å². The first kappa shape index (κ1) is 31.3. The van der Waals surface area contributed by atoms with Crippen molar-refractivity contribution < 1.29 is 14.4 Å². The molecule has 8 nitrogen and oxygen atoms in total. The highest BCUT2D eigenvalue weighted by atomic mass is 35.5. The number of nitrogens with zero attached hydrogens (tertiary/aromatic N) is 3. The number of para-hydroxylation sites is 1. The van der Waals surface area contributed by atoms with Crippen LogP contribution in [0.3, 0.4) is 0 Å². The number of nitrogens with one attached hydrogen (secondary N) is 2. The SMILES string of the molecule is CC(=O)N1CCC(N(CC(C)C)C2CCN(C(=O)C(Cc3ccc(Cl)cc3)NC(=O)c3cccc4c3NCC4)CC2)CC1. The summed E-state index contributed by atoms with van der Waals surface area (Å²) < 4.78 is 0. The Hall–Kier alpha value is -3.10.